The number of aliphatic hydroxyl groups excluding tert-OH is 1. The lowest BCUT2D eigenvalue weighted by molar-refractivity contribution is 0.0387. The van der Waals surface area contributed by atoms with Gasteiger partial charge in [-0.1, -0.05) is 6.92 Å². The summed E-state index contributed by atoms with van der Waals surface area (Å²) >= 11 is 0. The molecule has 0 fully saturated rings. The standard InChI is InChI=1S/C26H32FN5O7S2/c1-17-12-32(18(2)15-33)26(34)22-11-20(29-40(35,36)21-8-5-19(27)6-9-21)7-10-23(22)39-24(17)13-31(4)41(37,38)25-14-30(3)16-28-25/h5-11,14,16-18,24,29,33H,12-13,15H2,1-4H3/t17-,18+,24-/m0/s1. The van der Waals surface area contributed by atoms with E-state index in [9.17, 15) is 31.1 Å². The Morgan fingerprint density at radius 2 is 1.88 bits per heavy atom. The number of nitrogens with one attached hydrogen (secondary N) is 1. The van der Waals surface area contributed by atoms with Crippen molar-refractivity contribution in [3.63, 3.8) is 0 Å². The van der Waals surface area contributed by atoms with Crippen LogP contribution >= 0.6 is 0 Å². The fourth-order valence-electron chi connectivity index (χ4n) is 4.37. The first-order chi connectivity index (χ1) is 19.2. The molecular weight excluding hydrogens is 577 g/mol. The van der Waals surface area contributed by atoms with E-state index in [4.69, 9.17) is 4.74 Å². The van der Waals surface area contributed by atoms with E-state index in [-0.39, 0.29) is 52.5 Å². The number of anilines is 1. The van der Waals surface area contributed by atoms with E-state index in [0.29, 0.717) is 0 Å². The Bertz CT molecular complexity index is 1630. The Kier molecular flexibility index (Phi) is 8.73. The third-order valence-corrected chi connectivity index (χ3v) is 9.94. The van der Waals surface area contributed by atoms with Crippen molar-refractivity contribution in [3.05, 3.63) is 66.4 Å². The molecule has 2 aromatic carbocycles. The van der Waals surface area contributed by atoms with Crippen molar-refractivity contribution >= 4 is 31.6 Å². The van der Waals surface area contributed by atoms with Gasteiger partial charge in [0, 0.05) is 38.4 Å². The number of nitrogens with zero attached hydrogens (tertiary/aromatic N) is 4. The number of ether oxygens (including phenoxy) is 1. The summed E-state index contributed by atoms with van der Waals surface area (Å²) in [6, 6.07) is 7.83. The number of fused-ring (bicyclic) bond motifs is 1. The van der Waals surface area contributed by atoms with Crippen LogP contribution in [0.25, 0.3) is 0 Å². The number of hydrogen-bond donors (Lipinski definition) is 2. The topological polar surface area (TPSA) is 151 Å². The molecule has 1 aromatic heterocycles. The predicted molar refractivity (Wildman–Crippen MR) is 148 cm³/mol. The van der Waals surface area contributed by atoms with Crippen LogP contribution in [0.4, 0.5) is 10.1 Å². The smallest absolute Gasteiger partial charge is 0.261 e. The molecule has 0 saturated carbocycles. The molecule has 4 rings (SSSR count). The molecule has 1 amide bonds. The number of carbonyl (C=O) groups is 1. The summed E-state index contributed by atoms with van der Waals surface area (Å²) in [5.41, 5.74) is 0.0818. The Labute approximate surface area is 238 Å². The second kappa shape index (κ2) is 11.8. The van der Waals surface area contributed by atoms with Gasteiger partial charge in [-0.2, -0.15) is 4.31 Å². The number of hydrogen-bond acceptors (Lipinski definition) is 8. The molecule has 15 heteroatoms. The molecule has 12 nitrogen and oxygen atoms in total. The van der Waals surface area contributed by atoms with E-state index in [1.54, 1.807) is 14.0 Å². The van der Waals surface area contributed by atoms with Crippen LogP contribution in [0.2, 0.25) is 0 Å². The summed E-state index contributed by atoms with van der Waals surface area (Å²) in [7, 11) is -4.98. The van der Waals surface area contributed by atoms with Crippen molar-refractivity contribution in [3.8, 4) is 5.75 Å². The number of rotatable bonds is 9. The van der Waals surface area contributed by atoms with Crippen LogP contribution in [-0.4, -0.2) is 85.5 Å². The van der Waals surface area contributed by atoms with Gasteiger partial charge in [-0.05, 0) is 49.4 Å². The third kappa shape index (κ3) is 6.53. The predicted octanol–water partition coefficient (Wildman–Crippen LogP) is 1.90. The second-order valence-corrected chi connectivity index (χ2v) is 13.7. The molecule has 3 aromatic rings. The molecule has 1 aliphatic rings. The monoisotopic (exact) mass is 609 g/mol. The first-order valence-electron chi connectivity index (χ1n) is 12.7. The maximum absolute atomic E-state index is 13.6. The quantitative estimate of drug-likeness (QED) is 0.373. The van der Waals surface area contributed by atoms with Crippen LogP contribution in [0.3, 0.4) is 0 Å². The van der Waals surface area contributed by atoms with Crippen LogP contribution < -0.4 is 9.46 Å². The van der Waals surface area contributed by atoms with Gasteiger partial charge in [0.05, 0.1) is 36.0 Å². The number of likely N-dealkylation sites (N-methyl/N-ethyl adjacent to an activating group) is 1. The fraction of sp³-hybridized carbons (Fsp3) is 0.385. The zero-order valence-corrected chi connectivity index (χ0v) is 24.6. The normalized spacial score (nSPS) is 18.8. The molecule has 41 heavy (non-hydrogen) atoms. The highest BCUT2D eigenvalue weighted by atomic mass is 32.2. The Balaban J connectivity index is 1.68. The van der Waals surface area contributed by atoms with Crippen molar-refractivity contribution in [1.82, 2.24) is 18.8 Å². The molecule has 222 valence electrons. The van der Waals surface area contributed by atoms with E-state index < -0.39 is 43.9 Å². The number of aryl methyl sites for hydroxylation is 1. The maximum Gasteiger partial charge on any atom is 0.261 e. The van der Waals surface area contributed by atoms with Crippen LogP contribution in [0.1, 0.15) is 24.2 Å². The van der Waals surface area contributed by atoms with Gasteiger partial charge >= 0.3 is 0 Å². The number of halogens is 1. The van der Waals surface area contributed by atoms with Crippen molar-refractivity contribution in [1.29, 1.82) is 0 Å². The molecule has 0 radical (unpaired) electrons. The highest BCUT2D eigenvalue weighted by Crippen LogP contribution is 2.32. The van der Waals surface area contributed by atoms with Gasteiger partial charge in [0.15, 0.2) is 5.03 Å². The van der Waals surface area contributed by atoms with E-state index in [1.165, 1.54) is 47.2 Å². The second-order valence-electron chi connectivity index (χ2n) is 10.1. The molecule has 2 N–H and O–H groups in total. The van der Waals surface area contributed by atoms with Gasteiger partial charge in [-0.3, -0.25) is 9.52 Å². The van der Waals surface area contributed by atoms with E-state index in [0.717, 1.165) is 28.6 Å². The summed E-state index contributed by atoms with van der Waals surface area (Å²) in [6.45, 7) is 3.21. The lowest BCUT2D eigenvalue weighted by Crippen LogP contribution is -2.50. The number of amides is 1. The van der Waals surface area contributed by atoms with Crippen molar-refractivity contribution in [2.24, 2.45) is 13.0 Å². The molecule has 0 aliphatic carbocycles. The maximum atomic E-state index is 13.6. The zero-order chi connectivity index (χ0) is 30.1. The minimum atomic E-state index is -4.10. The van der Waals surface area contributed by atoms with Crippen molar-refractivity contribution < 1.29 is 35.9 Å². The van der Waals surface area contributed by atoms with Gasteiger partial charge in [-0.15, -0.1) is 0 Å². The number of aromatic nitrogens is 2. The van der Waals surface area contributed by atoms with Gasteiger partial charge in [0.25, 0.3) is 26.0 Å². The van der Waals surface area contributed by atoms with Gasteiger partial charge in [0.1, 0.15) is 17.7 Å². The van der Waals surface area contributed by atoms with Gasteiger partial charge in [-0.25, -0.2) is 26.2 Å². The largest absolute Gasteiger partial charge is 0.488 e. The summed E-state index contributed by atoms with van der Waals surface area (Å²) in [4.78, 5) is 18.9. The van der Waals surface area contributed by atoms with Crippen molar-refractivity contribution in [2.45, 2.75) is 35.9 Å². The van der Waals surface area contributed by atoms with Gasteiger partial charge < -0.3 is 19.3 Å². The highest BCUT2D eigenvalue weighted by Gasteiger charge is 2.36. The van der Waals surface area contributed by atoms with Crippen molar-refractivity contribution in [2.75, 3.05) is 31.5 Å². The van der Waals surface area contributed by atoms with E-state index >= 15 is 0 Å². The zero-order valence-electron chi connectivity index (χ0n) is 22.9. The molecule has 1 aliphatic heterocycles. The first kappa shape index (κ1) is 30.4. The molecular formula is C26H32FN5O7S2. The number of carbonyl (C=O) groups excluding carboxylic acids is 1. The molecule has 0 saturated heterocycles. The summed E-state index contributed by atoms with van der Waals surface area (Å²) in [6.07, 6.45) is 2.05. The minimum absolute atomic E-state index is 0.0248. The van der Waals surface area contributed by atoms with Crippen LogP contribution in [0.15, 0.2) is 64.9 Å². The average molecular weight is 610 g/mol. The fourth-order valence-corrected chi connectivity index (χ4v) is 6.56. The number of sulfonamides is 2. The number of benzene rings is 2. The van der Waals surface area contributed by atoms with Gasteiger partial charge in [0.2, 0.25) is 0 Å². The average Bonchev–Trinajstić information content (AvgIpc) is 3.37. The van der Waals surface area contributed by atoms with E-state index in [2.05, 4.69) is 9.71 Å². The first-order valence-corrected chi connectivity index (χ1v) is 15.6. The van der Waals surface area contributed by atoms with Crippen LogP contribution in [0, 0.1) is 11.7 Å². The van der Waals surface area contributed by atoms with Crippen LogP contribution in [0.5, 0.6) is 5.75 Å². The lowest BCUT2D eigenvalue weighted by Gasteiger charge is -2.38. The van der Waals surface area contributed by atoms with E-state index in [1.807, 2.05) is 6.92 Å². The SMILES string of the molecule is C[C@H](CO)N1C[C@H](C)[C@H](CN(C)S(=O)(=O)c2cn(C)cn2)Oc2ccc(NS(=O)(=O)c3ccc(F)cc3)cc2C1=O. The molecule has 2 heterocycles. The number of aliphatic hydroxyl groups is 1. The Morgan fingerprint density at radius 1 is 1.20 bits per heavy atom. The lowest BCUT2D eigenvalue weighted by atomic mass is 9.99. The summed E-state index contributed by atoms with van der Waals surface area (Å²) < 4.78 is 76.5. The molecule has 3 atom stereocenters. The Hall–Kier alpha value is -3.53. The number of imidazole rings is 1. The Morgan fingerprint density at radius 3 is 2.49 bits per heavy atom. The highest BCUT2D eigenvalue weighted by molar-refractivity contribution is 7.92. The molecule has 0 spiro atoms. The summed E-state index contributed by atoms with van der Waals surface area (Å²) in [5.74, 6) is -1.33. The third-order valence-electron chi connectivity index (χ3n) is 6.83. The molecule has 0 bridgehead atoms. The molecule has 0 unspecified atom stereocenters. The summed E-state index contributed by atoms with van der Waals surface area (Å²) in [5, 5.41) is 9.74. The van der Waals surface area contributed by atoms with Crippen LogP contribution in [-0.2, 0) is 27.1 Å². The minimum Gasteiger partial charge on any atom is -0.488 e.